The fraction of sp³-hybridized carbons (Fsp3) is 0.579. The van der Waals surface area contributed by atoms with Gasteiger partial charge >= 0.3 is 5.97 Å². The first-order valence-electron chi connectivity index (χ1n) is 9.28. The number of fused-ring (bicyclic) bond motifs is 1. The van der Waals surface area contributed by atoms with E-state index in [9.17, 15) is 4.79 Å². The van der Waals surface area contributed by atoms with Crippen molar-refractivity contribution >= 4 is 5.97 Å². The Kier molecular flexibility index (Phi) is 4.76. The third kappa shape index (κ3) is 3.43. The zero-order valence-electron chi connectivity index (χ0n) is 14.3. The van der Waals surface area contributed by atoms with Gasteiger partial charge in [-0.1, -0.05) is 24.4 Å². The van der Waals surface area contributed by atoms with Crippen LogP contribution in [0.5, 0.6) is 0 Å². The molecule has 132 valence electrons. The van der Waals surface area contributed by atoms with Gasteiger partial charge in [0.2, 0.25) is 0 Å². The van der Waals surface area contributed by atoms with E-state index in [2.05, 4.69) is 15.1 Å². The predicted octanol–water partition coefficient (Wildman–Crippen LogP) is 3.82. The van der Waals surface area contributed by atoms with E-state index in [1.54, 1.807) is 18.5 Å². The first-order valence-corrected chi connectivity index (χ1v) is 9.28. The van der Waals surface area contributed by atoms with Gasteiger partial charge in [0.25, 0.3) is 0 Å². The SMILES string of the molecule is O=C(O[C@H](c1ncccn1)C1CCCC1)c1noc2c1CCCCC2. The Hall–Kier alpha value is -2.24. The molecule has 2 aromatic heterocycles. The number of carbonyl (C=O) groups is 1. The highest BCUT2D eigenvalue weighted by Crippen LogP contribution is 2.37. The number of nitrogens with zero attached hydrogens (tertiary/aromatic N) is 3. The molecule has 0 radical (unpaired) electrons. The fourth-order valence-electron chi connectivity index (χ4n) is 3.97. The molecule has 0 aliphatic heterocycles. The third-order valence-corrected chi connectivity index (χ3v) is 5.30. The molecule has 0 saturated heterocycles. The number of esters is 1. The zero-order valence-corrected chi connectivity index (χ0v) is 14.3. The van der Waals surface area contributed by atoms with Gasteiger partial charge in [-0.05, 0) is 38.2 Å². The smallest absolute Gasteiger partial charge is 0.361 e. The van der Waals surface area contributed by atoms with E-state index in [1.165, 1.54) is 0 Å². The van der Waals surface area contributed by atoms with Crippen molar-refractivity contribution in [2.24, 2.45) is 5.92 Å². The molecule has 0 aromatic carbocycles. The summed E-state index contributed by atoms with van der Waals surface area (Å²) in [5.74, 6) is 1.29. The van der Waals surface area contributed by atoms with Crippen LogP contribution in [-0.2, 0) is 17.6 Å². The molecule has 0 bridgehead atoms. The minimum absolute atomic E-state index is 0.275. The number of aromatic nitrogens is 3. The van der Waals surface area contributed by atoms with E-state index in [0.29, 0.717) is 11.5 Å². The van der Waals surface area contributed by atoms with Crippen LogP contribution >= 0.6 is 0 Å². The average molecular weight is 341 g/mol. The lowest BCUT2D eigenvalue weighted by Crippen LogP contribution is -2.21. The van der Waals surface area contributed by atoms with Gasteiger partial charge in [-0.3, -0.25) is 0 Å². The topological polar surface area (TPSA) is 78.1 Å². The lowest BCUT2D eigenvalue weighted by Gasteiger charge is -2.21. The van der Waals surface area contributed by atoms with Gasteiger partial charge in [-0.25, -0.2) is 14.8 Å². The minimum atomic E-state index is -0.408. The summed E-state index contributed by atoms with van der Waals surface area (Å²) >= 11 is 0. The summed E-state index contributed by atoms with van der Waals surface area (Å²) in [5, 5.41) is 4.02. The highest BCUT2D eigenvalue weighted by Gasteiger charge is 2.34. The molecule has 6 nitrogen and oxygen atoms in total. The normalized spacial score (nSPS) is 19.2. The molecule has 0 amide bonds. The Bertz CT molecular complexity index is 723. The van der Waals surface area contributed by atoms with Crippen molar-refractivity contribution in [2.45, 2.75) is 63.9 Å². The summed E-state index contributed by atoms with van der Waals surface area (Å²) in [7, 11) is 0. The van der Waals surface area contributed by atoms with E-state index in [1.807, 2.05) is 0 Å². The van der Waals surface area contributed by atoms with Crippen LogP contribution in [0.1, 0.15) is 78.7 Å². The van der Waals surface area contributed by atoms with E-state index >= 15 is 0 Å². The monoisotopic (exact) mass is 341 g/mol. The maximum absolute atomic E-state index is 12.8. The molecular weight excluding hydrogens is 318 g/mol. The molecule has 25 heavy (non-hydrogen) atoms. The lowest BCUT2D eigenvalue weighted by molar-refractivity contribution is 0.00967. The number of hydrogen-bond donors (Lipinski definition) is 0. The summed E-state index contributed by atoms with van der Waals surface area (Å²) in [5.41, 5.74) is 1.28. The zero-order chi connectivity index (χ0) is 17.1. The Morgan fingerprint density at radius 3 is 2.64 bits per heavy atom. The summed E-state index contributed by atoms with van der Waals surface area (Å²) in [6.07, 6.45) is 12.3. The van der Waals surface area contributed by atoms with Gasteiger partial charge in [0.05, 0.1) is 0 Å². The van der Waals surface area contributed by atoms with Crippen LogP contribution in [-0.4, -0.2) is 21.1 Å². The minimum Gasteiger partial charge on any atom is -0.449 e. The van der Waals surface area contributed by atoms with Gasteiger partial charge in [-0.15, -0.1) is 0 Å². The number of ether oxygens (including phenoxy) is 1. The molecular formula is C19H23N3O3. The number of aryl methyl sites for hydroxylation is 1. The van der Waals surface area contributed by atoms with Crippen LogP contribution in [0.4, 0.5) is 0 Å². The van der Waals surface area contributed by atoms with Crippen molar-refractivity contribution in [3.8, 4) is 0 Å². The summed E-state index contributed by atoms with van der Waals surface area (Å²) < 4.78 is 11.3. The number of hydrogen-bond acceptors (Lipinski definition) is 6. The fourth-order valence-corrected chi connectivity index (χ4v) is 3.97. The largest absolute Gasteiger partial charge is 0.449 e. The van der Waals surface area contributed by atoms with Crippen molar-refractivity contribution in [2.75, 3.05) is 0 Å². The molecule has 1 atom stereocenters. The molecule has 0 unspecified atom stereocenters. The molecule has 2 aliphatic rings. The van der Waals surface area contributed by atoms with Crippen molar-refractivity contribution in [1.29, 1.82) is 0 Å². The van der Waals surface area contributed by atoms with E-state index in [4.69, 9.17) is 9.26 Å². The molecule has 2 aliphatic carbocycles. The first-order chi connectivity index (χ1) is 12.3. The van der Waals surface area contributed by atoms with Crippen LogP contribution in [0, 0.1) is 5.92 Å². The highest BCUT2D eigenvalue weighted by molar-refractivity contribution is 5.89. The van der Waals surface area contributed by atoms with Crippen molar-refractivity contribution < 1.29 is 14.1 Å². The molecule has 2 heterocycles. The van der Waals surface area contributed by atoms with Crippen LogP contribution < -0.4 is 0 Å². The summed E-state index contributed by atoms with van der Waals surface area (Å²) in [6, 6.07) is 1.77. The molecule has 6 heteroatoms. The molecule has 0 spiro atoms. The Balaban J connectivity index is 1.58. The van der Waals surface area contributed by atoms with Crippen molar-refractivity contribution in [3.05, 3.63) is 41.3 Å². The van der Waals surface area contributed by atoms with Crippen LogP contribution in [0.2, 0.25) is 0 Å². The Morgan fingerprint density at radius 2 is 1.84 bits per heavy atom. The van der Waals surface area contributed by atoms with Gasteiger partial charge in [0.1, 0.15) is 5.76 Å². The second-order valence-electron chi connectivity index (χ2n) is 6.97. The van der Waals surface area contributed by atoms with E-state index in [0.717, 1.165) is 69.1 Å². The van der Waals surface area contributed by atoms with Crippen LogP contribution in [0.15, 0.2) is 23.0 Å². The van der Waals surface area contributed by atoms with E-state index in [-0.39, 0.29) is 5.92 Å². The van der Waals surface area contributed by atoms with E-state index < -0.39 is 12.1 Å². The first kappa shape index (κ1) is 16.2. The average Bonchev–Trinajstić information content (AvgIpc) is 3.26. The summed E-state index contributed by atoms with van der Waals surface area (Å²) in [6.45, 7) is 0. The highest BCUT2D eigenvalue weighted by atomic mass is 16.5. The Morgan fingerprint density at radius 1 is 1.08 bits per heavy atom. The van der Waals surface area contributed by atoms with Crippen LogP contribution in [0.25, 0.3) is 0 Å². The molecule has 4 rings (SSSR count). The molecule has 2 aromatic rings. The quantitative estimate of drug-likeness (QED) is 0.621. The van der Waals surface area contributed by atoms with Crippen molar-refractivity contribution in [1.82, 2.24) is 15.1 Å². The number of rotatable bonds is 4. The second-order valence-corrected chi connectivity index (χ2v) is 6.97. The number of carbonyl (C=O) groups excluding carboxylic acids is 1. The summed E-state index contributed by atoms with van der Waals surface area (Å²) in [4.78, 5) is 21.5. The van der Waals surface area contributed by atoms with Crippen molar-refractivity contribution in [3.63, 3.8) is 0 Å². The second kappa shape index (κ2) is 7.33. The van der Waals surface area contributed by atoms with Gasteiger partial charge in [0, 0.05) is 30.3 Å². The maximum atomic E-state index is 12.8. The molecule has 1 fully saturated rings. The van der Waals surface area contributed by atoms with Gasteiger partial charge in [0.15, 0.2) is 17.6 Å². The van der Waals surface area contributed by atoms with Crippen LogP contribution in [0.3, 0.4) is 0 Å². The maximum Gasteiger partial charge on any atom is 0.361 e. The molecule has 0 N–H and O–H groups in total. The standard InChI is InChI=1S/C19H23N3O3/c23-19(16-14-9-2-1-3-10-15(14)25-22-16)24-17(13-7-4-5-8-13)18-20-11-6-12-21-18/h6,11-13,17H,1-5,7-10H2/t17-/m0/s1. The van der Waals surface area contributed by atoms with Gasteiger partial charge < -0.3 is 9.26 Å². The molecule has 1 saturated carbocycles. The lowest BCUT2D eigenvalue weighted by atomic mass is 10.00. The Labute approximate surface area is 147 Å². The van der Waals surface area contributed by atoms with Gasteiger partial charge in [-0.2, -0.15) is 0 Å². The predicted molar refractivity (Wildman–Crippen MR) is 89.9 cm³/mol. The third-order valence-electron chi connectivity index (χ3n) is 5.30.